The van der Waals surface area contributed by atoms with E-state index < -0.39 is 9.84 Å². The van der Waals surface area contributed by atoms with Gasteiger partial charge in [-0.2, -0.15) is 0 Å². The van der Waals surface area contributed by atoms with Gasteiger partial charge in [0.05, 0.1) is 4.90 Å². The average molecular weight is 300 g/mol. The molecule has 0 amide bonds. The van der Waals surface area contributed by atoms with Crippen molar-refractivity contribution in [2.75, 3.05) is 6.26 Å². The Labute approximate surface area is 115 Å². The number of hydrogen-bond donors (Lipinski definition) is 0. The fourth-order valence-corrected chi connectivity index (χ4v) is 2.97. The lowest BCUT2D eigenvalue weighted by atomic mass is 10.4. The maximum atomic E-state index is 11.3. The summed E-state index contributed by atoms with van der Waals surface area (Å²) in [5, 5.41) is 1.21. The number of sulfone groups is 1. The molecular weight excluding hydrogens is 290 g/mol. The normalized spacial score (nSPS) is 11.4. The van der Waals surface area contributed by atoms with Crippen LogP contribution in [0.1, 0.15) is 0 Å². The monoisotopic (exact) mass is 299 g/mol. The lowest BCUT2D eigenvalue weighted by Crippen LogP contribution is -1.95. The van der Waals surface area contributed by atoms with Gasteiger partial charge in [-0.1, -0.05) is 29.4 Å². The first-order chi connectivity index (χ1) is 8.45. The molecule has 0 radical (unpaired) electrons. The summed E-state index contributed by atoms with van der Waals surface area (Å²) >= 11 is 7.22. The topological polar surface area (TPSA) is 47.0 Å². The number of aromatic nitrogens is 1. The van der Waals surface area contributed by atoms with Gasteiger partial charge in [0.15, 0.2) is 9.84 Å². The van der Waals surface area contributed by atoms with E-state index >= 15 is 0 Å². The van der Waals surface area contributed by atoms with E-state index in [2.05, 4.69) is 4.98 Å². The van der Waals surface area contributed by atoms with Crippen LogP contribution in [0.3, 0.4) is 0 Å². The molecule has 0 bridgehead atoms. The van der Waals surface area contributed by atoms with Gasteiger partial charge in [0.25, 0.3) is 0 Å². The molecule has 0 atom stereocenters. The molecule has 0 saturated carbocycles. The smallest absolute Gasteiger partial charge is 0.175 e. The summed E-state index contributed by atoms with van der Waals surface area (Å²) in [6.07, 6.45) is 1.19. The Morgan fingerprint density at radius 3 is 2.33 bits per heavy atom. The number of hydrogen-bond acceptors (Lipinski definition) is 4. The van der Waals surface area contributed by atoms with E-state index in [-0.39, 0.29) is 0 Å². The molecule has 0 unspecified atom stereocenters. The molecule has 94 valence electrons. The molecule has 0 aliphatic rings. The van der Waals surface area contributed by atoms with Gasteiger partial charge >= 0.3 is 0 Å². The van der Waals surface area contributed by atoms with Crippen LogP contribution < -0.4 is 0 Å². The van der Waals surface area contributed by atoms with Gasteiger partial charge < -0.3 is 0 Å². The lowest BCUT2D eigenvalue weighted by Gasteiger charge is -2.02. The summed E-state index contributed by atoms with van der Waals surface area (Å²) < 4.78 is 22.6. The Hall–Kier alpha value is -1.04. The van der Waals surface area contributed by atoms with Gasteiger partial charge in [-0.05, 0) is 36.4 Å². The van der Waals surface area contributed by atoms with Gasteiger partial charge in [-0.3, -0.25) is 0 Å². The minimum absolute atomic E-state index is 0.311. The number of benzene rings is 1. The Morgan fingerprint density at radius 1 is 1.11 bits per heavy atom. The molecule has 0 spiro atoms. The second-order valence-corrected chi connectivity index (χ2v) is 7.14. The molecular formula is C12H10ClNO2S2. The van der Waals surface area contributed by atoms with Crippen LogP contribution in [0, 0.1) is 0 Å². The molecule has 0 fully saturated rings. The highest BCUT2D eigenvalue weighted by Crippen LogP contribution is 2.27. The molecule has 0 aliphatic carbocycles. The summed E-state index contributed by atoms with van der Waals surface area (Å²) in [5.41, 5.74) is 0. The Bertz CT molecular complexity index is 654. The van der Waals surface area contributed by atoms with Crippen molar-refractivity contribution in [1.82, 2.24) is 4.98 Å². The third-order valence-electron chi connectivity index (χ3n) is 2.16. The molecule has 18 heavy (non-hydrogen) atoms. The van der Waals surface area contributed by atoms with Gasteiger partial charge in [-0.25, -0.2) is 13.4 Å². The Morgan fingerprint density at radius 2 is 1.78 bits per heavy atom. The maximum absolute atomic E-state index is 11.3. The Kier molecular flexibility index (Phi) is 3.94. The van der Waals surface area contributed by atoms with Crippen molar-refractivity contribution in [3.63, 3.8) is 0 Å². The van der Waals surface area contributed by atoms with Gasteiger partial charge in [0, 0.05) is 11.2 Å². The molecule has 2 rings (SSSR count). The zero-order valence-corrected chi connectivity index (χ0v) is 11.9. The van der Waals surface area contributed by atoms with E-state index in [1.807, 2.05) is 12.1 Å². The fourth-order valence-electron chi connectivity index (χ4n) is 1.32. The highest BCUT2D eigenvalue weighted by Gasteiger charge is 2.07. The van der Waals surface area contributed by atoms with Crippen molar-refractivity contribution >= 4 is 33.2 Å². The van der Waals surface area contributed by atoms with E-state index in [4.69, 9.17) is 11.6 Å². The van der Waals surface area contributed by atoms with Crippen LogP contribution in [0.15, 0.2) is 57.3 Å². The van der Waals surface area contributed by atoms with Crippen molar-refractivity contribution in [3.8, 4) is 0 Å². The second-order valence-electron chi connectivity index (χ2n) is 3.64. The molecule has 3 nitrogen and oxygen atoms in total. The second kappa shape index (κ2) is 5.30. The predicted molar refractivity (Wildman–Crippen MR) is 72.9 cm³/mol. The minimum Gasteiger partial charge on any atom is -0.229 e. The number of rotatable bonds is 3. The van der Waals surface area contributed by atoms with Crippen LogP contribution in [-0.2, 0) is 9.84 Å². The van der Waals surface area contributed by atoms with Crippen molar-refractivity contribution in [2.24, 2.45) is 0 Å². The molecule has 1 aromatic heterocycles. The predicted octanol–water partition coefficient (Wildman–Crippen LogP) is 3.29. The largest absolute Gasteiger partial charge is 0.229 e. The zero-order valence-electron chi connectivity index (χ0n) is 9.50. The first kappa shape index (κ1) is 13.4. The van der Waals surface area contributed by atoms with Crippen LogP contribution in [0.5, 0.6) is 0 Å². The first-order valence-electron chi connectivity index (χ1n) is 5.06. The van der Waals surface area contributed by atoms with Gasteiger partial charge in [0.2, 0.25) is 0 Å². The van der Waals surface area contributed by atoms with E-state index in [9.17, 15) is 8.42 Å². The maximum Gasteiger partial charge on any atom is 0.175 e. The van der Waals surface area contributed by atoms with Crippen molar-refractivity contribution < 1.29 is 8.42 Å². The fraction of sp³-hybridized carbons (Fsp3) is 0.0833. The lowest BCUT2D eigenvalue weighted by molar-refractivity contribution is 0.602. The van der Waals surface area contributed by atoms with Crippen LogP contribution in [0.2, 0.25) is 5.15 Å². The molecule has 6 heteroatoms. The SMILES string of the molecule is CS(=O)(=O)c1ccc(Sc2cccc(Cl)n2)cc1. The van der Waals surface area contributed by atoms with Crippen molar-refractivity contribution in [3.05, 3.63) is 47.6 Å². The Balaban J connectivity index is 2.21. The van der Waals surface area contributed by atoms with Crippen molar-refractivity contribution in [1.29, 1.82) is 0 Å². The molecule has 1 heterocycles. The third kappa shape index (κ3) is 3.48. The summed E-state index contributed by atoms with van der Waals surface area (Å²) in [7, 11) is -3.15. The number of nitrogens with zero attached hydrogens (tertiary/aromatic N) is 1. The number of pyridine rings is 1. The van der Waals surface area contributed by atoms with E-state index in [0.29, 0.717) is 10.0 Å². The summed E-state index contributed by atoms with van der Waals surface area (Å²) in [6.45, 7) is 0. The summed E-state index contributed by atoms with van der Waals surface area (Å²) in [4.78, 5) is 5.37. The average Bonchev–Trinajstić information content (AvgIpc) is 2.28. The van der Waals surface area contributed by atoms with Crippen molar-refractivity contribution in [2.45, 2.75) is 14.8 Å². The first-order valence-corrected chi connectivity index (χ1v) is 8.14. The summed E-state index contributed by atoms with van der Waals surface area (Å²) in [5.74, 6) is 0. The van der Waals surface area contributed by atoms with Crippen LogP contribution in [0.25, 0.3) is 0 Å². The standard InChI is InChI=1S/C12H10ClNO2S2/c1-18(15,16)10-7-5-9(6-8-10)17-12-4-2-3-11(13)14-12/h2-8H,1H3. The van der Waals surface area contributed by atoms with Gasteiger partial charge in [-0.15, -0.1) is 0 Å². The number of halogens is 1. The van der Waals surface area contributed by atoms with E-state index in [0.717, 1.165) is 9.92 Å². The minimum atomic E-state index is -3.15. The van der Waals surface area contributed by atoms with Gasteiger partial charge in [0.1, 0.15) is 10.2 Å². The molecule has 1 aromatic carbocycles. The highest BCUT2D eigenvalue weighted by molar-refractivity contribution is 7.99. The molecule has 0 saturated heterocycles. The quantitative estimate of drug-likeness (QED) is 0.816. The summed E-state index contributed by atoms with van der Waals surface area (Å²) in [6, 6.07) is 12.1. The van der Waals surface area contributed by atoms with E-state index in [1.165, 1.54) is 18.0 Å². The molecule has 2 aromatic rings. The molecule has 0 aliphatic heterocycles. The third-order valence-corrected chi connectivity index (χ3v) is 4.45. The van der Waals surface area contributed by atoms with Crippen LogP contribution in [0.4, 0.5) is 0 Å². The highest BCUT2D eigenvalue weighted by atomic mass is 35.5. The van der Waals surface area contributed by atoms with E-state index in [1.54, 1.807) is 30.3 Å². The van der Waals surface area contributed by atoms with Crippen LogP contribution in [-0.4, -0.2) is 19.7 Å². The molecule has 0 N–H and O–H groups in total. The van der Waals surface area contributed by atoms with Crippen LogP contribution >= 0.6 is 23.4 Å². The zero-order chi connectivity index (χ0) is 13.2.